The largest absolute Gasteiger partial charge is 0.0925 e. The van der Waals surface area contributed by atoms with Crippen LogP contribution >= 0.6 is 15.9 Å². The van der Waals surface area contributed by atoms with Crippen LogP contribution in [0.4, 0.5) is 0 Å². The fourth-order valence-electron chi connectivity index (χ4n) is 2.11. The number of benzene rings is 1. The smallest absolute Gasteiger partial charge is 0.00629 e. The zero-order chi connectivity index (χ0) is 12.0. The predicted molar refractivity (Wildman–Crippen MR) is 76.3 cm³/mol. The van der Waals surface area contributed by atoms with Crippen molar-refractivity contribution in [1.29, 1.82) is 0 Å². The highest BCUT2D eigenvalue weighted by Crippen LogP contribution is 2.19. The molecule has 1 atom stereocenters. The summed E-state index contributed by atoms with van der Waals surface area (Å²) in [7, 11) is 0. The van der Waals surface area contributed by atoms with Gasteiger partial charge < -0.3 is 0 Å². The van der Waals surface area contributed by atoms with E-state index in [9.17, 15) is 0 Å². The third-order valence-electron chi connectivity index (χ3n) is 2.98. The Morgan fingerprint density at radius 2 is 1.62 bits per heavy atom. The summed E-state index contributed by atoms with van der Waals surface area (Å²) in [4.78, 5) is 0. The van der Waals surface area contributed by atoms with Crippen LogP contribution in [0, 0.1) is 11.8 Å². The topological polar surface area (TPSA) is 0 Å². The zero-order valence-corrected chi connectivity index (χ0v) is 12.3. The number of aryl methyl sites for hydroxylation is 1. The SMILES string of the molecule is CCc1ccc(CC(CBr)CC(C)C)cc1. The maximum Gasteiger partial charge on any atom is 0.00629 e. The second-order valence-corrected chi connectivity index (χ2v) is 5.67. The van der Waals surface area contributed by atoms with Gasteiger partial charge in [-0.3, -0.25) is 0 Å². The van der Waals surface area contributed by atoms with Crippen molar-refractivity contribution in [1.82, 2.24) is 0 Å². The normalized spacial score (nSPS) is 13.1. The van der Waals surface area contributed by atoms with Crippen molar-refractivity contribution < 1.29 is 0 Å². The zero-order valence-electron chi connectivity index (χ0n) is 10.7. The Hall–Kier alpha value is -0.300. The summed E-state index contributed by atoms with van der Waals surface area (Å²) < 4.78 is 0. The molecule has 0 saturated heterocycles. The van der Waals surface area contributed by atoms with Gasteiger partial charge in [0, 0.05) is 5.33 Å². The van der Waals surface area contributed by atoms with Crippen LogP contribution in [0.2, 0.25) is 0 Å². The summed E-state index contributed by atoms with van der Waals surface area (Å²) >= 11 is 3.63. The molecule has 1 heteroatoms. The minimum atomic E-state index is 0.771. The van der Waals surface area contributed by atoms with E-state index in [-0.39, 0.29) is 0 Å². The van der Waals surface area contributed by atoms with Crippen molar-refractivity contribution >= 4 is 15.9 Å². The van der Waals surface area contributed by atoms with Gasteiger partial charge >= 0.3 is 0 Å². The molecule has 0 aliphatic rings. The molecule has 0 heterocycles. The molecule has 1 unspecified atom stereocenters. The molecule has 1 rings (SSSR count). The molecule has 0 nitrogen and oxygen atoms in total. The van der Waals surface area contributed by atoms with E-state index in [0.717, 1.165) is 23.6 Å². The molecule has 0 N–H and O–H groups in total. The van der Waals surface area contributed by atoms with Crippen LogP contribution in [0.5, 0.6) is 0 Å². The van der Waals surface area contributed by atoms with Gasteiger partial charge in [0.2, 0.25) is 0 Å². The number of halogens is 1. The van der Waals surface area contributed by atoms with Gasteiger partial charge in [-0.1, -0.05) is 61.0 Å². The second-order valence-electron chi connectivity index (χ2n) is 5.02. The van der Waals surface area contributed by atoms with Crippen molar-refractivity contribution in [2.24, 2.45) is 11.8 Å². The molecule has 0 spiro atoms. The van der Waals surface area contributed by atoms with Crippen LogP contribution in [0.3, 0.4) is 0 Å². The summed E-state index contributed by atoms with van der Waals surface area (Å²) in [6, 6.07) is 9.09. The monoisotopic (exact) mass is 282 g/mol. The maximum absolute atomic E-state index is 3.63. The summed E-state index contributed by atoms with van der Waals surface area (Å²) in [6.07, 6.45) is 3.64. The highest BCUT2D eigenvalue weighted by molar-refractivity contribution is 9.09. The quantitative estimate of drug-likeness (QED) is 0.655. The molecule has 0 saturated carbocycles. The van der Waals surface area contributed by atoms with Crippen molar-refractivity contribution in [2.75, 3.05) is 5.33 Å². The van der Waals surface area contributed by atoms with Crippen LogP contribution in [0.25, 0.3) is 0 Å². The van der Waals surface area contributed by atoms with E-state index in [0.29, 0.717) is 0 Å². The third-order valence-corrected chi connectivity index (χ3v) is 3.89. The number of rotatable bonds is 6. The van der Waals surface area contributed by atoms with Gasteiger partial charge in [-0.05, 0) is 42.2 Å². The second kappa shape index (κ2) is 7.11. The Balaban J connectivity index is 2.56. The summed E-state index contributed by atoms with van der Waals surface area (Å²) in [6.45, 7) is 6.81. The molecular weight excluding hydrogens is 260 g/mol. The van der Waals surface area contributed by atoms with Crippen LogP contribution in [-0.4, -0.2) is 5.33 Å². The summed E-state index contributed by atoms with van der Waals surface area (Å²) in [5.41, 5.74) is 2.91. The van der Waals surface area contributed by atoms with E-state index in [1.54, 1.807) is 0 Å². The molecular formula is C15H23Br. The Bertz CT molecular complexity index is 287. The fourth-order valence-corrected chi connectivity index (χ4v) is 2.61. The lowest BCUT2D eigenvalue weighted by Gasteiger charge is -2.16. The number of alkyl halides is 1. The Morgan fingerprint density at radius 1 is 1.06 bits per heavy atom. The molecule has 0 aromatic heterocycles. The van der Waals surface area contributed by atoms with Crippen LogP contribution in [0.15, 0.2) is 24.3 Å². The van der Waals surface area contributed by atoms with Crippen molar-refractivity contribution in [3.8, 4) is 0 Å². The van der Waals surface area contributed by atoms with Gasteiger partial charge in [0.25, 0.3) is 0 Å². The van der Waals surface area contributed by atoms with Crippen LogP contribution in [-0.2, 0) is 12.8 Å². The number of hydrogen-bond donors (Lipinski definition) is 0. The Kier molecular flexibility index (Phi) is 6.12. The lowest BCUT2D eigenvalue weighted by molar-refractivity contribution is 0.445. The minimum Gasteiger partial charge on any atom is -0.0925 e. The Morgan fingerprint density at radius 3 is 2.06 bits per heavy atom. The van der Waals surface area contributed by atoms with Gasteiger partial charge in [0.1, 0.15) is 0 Å². The first kappa shape index (κ1) is 13.8. The molecule has 0 fully saturated rings. The standard InChI is InChI=1S/C15H23Br/c1-4-13-5-7-14(8-6-13)10-15(11-16)9-12(2)3/h5-8,12,15H,4,9-11H2,1-3H3. The van der Waals surface area contributed by atoms with Crippen molar-refractivity contribution in [3.63, 3.8) is 0 Å². The van der Waals surface area contributed by atoms with Gasteiger partial charge in [-0.25, -0.2) is 0 Å². The van der Waals surface area contributed by atoms with E-state index in [2.05, 4.69) is 61.0 Å². The first-order valence-electron chi connectivity index (χ1n) is 6.29. The van der Waals surface area contributed by atoms with Gasteiger partial charge in [0.15, 0.2) is 0 Å². The highest BCUT2D eigenvalue weighted by Gasteiger charge is 2.10. The Labute approximate surface area is 109 Å². The van der Waals surface area contributed by atoms with Crippen LogP contribution in [0.1, 0.15) is 38.3 Å². The molecule has 0 bridgehead atoms. The summed E-state index contributed by atoms with van der Waals surface area (Å²) in [5, 5.41) is 1.11. The molecule has 0 aliphatic heterocycles. The molecule has 1 aromatic rings. The lowest BCUT2D eigenvalue weighted by atomic mass is 9.92. The molecule has 0 radical (unpaired) electrons. The predicted octanol–water partition coefficient (Wildman–Crippen LogP) is 4.85. The third kappa shape index (κ3) is 4.69. The molecule has 16 heavy (non-hydrogen) atoms. The lowest BCUT2D eigenvalue weighted by Crippen LogP contribution is -2.09. The van der Waals surface area contributed by atoms with Gasteiger partial charge in [-0.15, -0.1) is 0 Å². The van der Waals surface area contributed by atoms with Crippen LogP contribution < -0.4 is 0 Å². The van der Waals surface area contributed by atoms with Crippen molar-refractivity contribution in [2.45, 2.75) is 40.0 Å². The van der Waals surface area contributed by atoms with E-state index in [1.807, 2.05) is 0 Å². The summed E-state index contributed by atoms with van der Waals surface area (Å²) in [5.74, 6) is 1.56. The van der Waals surface area contributed by atoms with Gasteiger partial charge in [0.05, 0.1) is 0 Å². The van der Waals surface area contributed by atoms with E-state index in [1.165, 1.54) is 24.0 Å². The maximum atomic E-state index is 3.63. The number of hydrogen-bond acceptors (Lipinski definition) is 0. The van der Waals surface area contributed by atoms with E-state index in [4.69, 9.17) is 0 Å². The van der Waals surface area contributed by atoms with Crippen molar-refractivity contribution in [3.05, 3.63) is 35.4 Å². The molecule has 0 aliphatic carbocycles. The fraction of sp³-hybridized carbons (Fsp3) is 0.600. The average Bonchev–Trinajstić information content (AvgIpc) is 2.28. The first-order valence-corrected chi connectivity index (χ1v) is 7.41. The first-order chi connectivity index (χ1) is 7.65. The van der Waals surface area contributed by atoms with E-state index < -0.39 is 0 Å². The molecule has 90 valence electrons. The molecule has 0 amide bonds. The minimum absolute atomic E-state index is 0.771. The highest BCUT2D eigenvalue weighted by atomic mass is 79.9. The average molecular weight is 283 g/mol. The van der Waals surface area contributed by atoms with Gasteiger partial charge in [-0.2, -0.15) is 0 Å². The molecule has 1 aromatic carbocycles. The van der Waals surface area contributed by atoms with E-state index >= 15 is 0 Å².